The van der Waals surface area contributed by atoms with Crippen LogP contribution in [0.25, 0.3) is 6.08 Å². The number of nitrogens with one attached hydrogen (secondary N) is 1. The zero-order valence-corrected chi connectivity index (χ0v) is 19.5. The molecule has 184 valence electrons. The predicted octanol–water partition coefficient (Wildman–Crippen LogP) is 5.18. The van der Waals surface area contributed by atoms with Gasteiger partial charge in [-0.3, -0.25) is 14.4 Å². The molecule has 0 aliphatic heterocycles. The first kappa shape index (κ1) is 25.4. The quantitative estimate of drug-likeness (QED) is 0.430. The number of hydrogen-bond donors (Lipinski definition) is 2. The van der Waals surface area contributed by atoms with E-state index in [0.717, 1.165) is 18.2 Å². The SMILES string of the molecule is CC(C)(C)N(C(=O)O)c1ccccc1NC(=O)C=Cc1cnn(CCOc2cc(F)cc(F)c2)c1. The molecular formula is C25H26F2N4O4. The van der Waals surface area contributed by atoms with E-state index < -0.39 is 29.2 Å². The van der Waals surface area contributed by atoms with E-state index in [1.54, 1.807) is 68.2 Å². The van der Waals surface area contributed by atoms with Crippen molar-refractivity contribution in [2.75, 3.05) is 16.8 Å². The molecule has 3 rings (SSSR count). The summed E-state index contributed by atoms with van der Waals surface area (Å²) in [6.45, 7) is 5.75. The Labute approximate surface area is 201 Å². The second kappa shape index (κ2) is 10.8. The lowest BCUT2D eigenvalue weighted by molar-refractivity contribution is -0.111. The molecule has 0 unspecified atom stereocenters. The van der Waals surface area contributed by atoms with E-state index in [4.69, 9.17) is 4.74 Å². The Balaban J connectivity index is 1.60. The molecule has 2 aromatic carbocycles. The zero-order chi connectivity index (χ0) is 25.6. The number of anilines is 2. The van der Waals surface area contributed by atoms with E-state index in [9.17, 15) is 23.5 Å². The minimum atomic E-state index is -1.13. The van der Waals surface area contributed by atoms with Crippen molar-refractivity contribution >= 4 is 29.5 Å². The first-order chi connectivity index (χ1) is 16.5. The van der Waals surface area contributed by atoms with Gasteiger partial charge in [0.2, 0.25) is 5.91 Å². The van der Waals surface area contributed by atoms with E-state index >= 15 is 0 Å². The molecule has 0 saturated heterocycles. The minimum absolute atomic E-state index is 0.0830. The summed E-state index contributed by atoms with van der Waals surface area (Å²) in [6.07, 6.45) is 4.97. The predicted molar refractivity (Wildman–Crippen MR) is 128 cm³/mol. The molecule has 0 radical (unpaired) electrons. The second-order valence-electron chi connectivity index (χ2n) is 8.62. The number of benzene rings is 2. The van der Waals surface area contributed by atoms with Gasteiger partial charge in [-0.05, 0) is 39.0 Å². The fourth-order valence-electron chi connectivity index (χ4n) is 3.33. The number of carbonyl (C=O) groups is 2. The van der Waals surface area contributed by atoms with Crippen LogP contribution in [0.1, 0.15) is 26.3 Å². The third-order valence-electron chi connectivity index (χ3n) is 4.77. The maximum atomic E-state index is 13.2. The fraction of sp³-hybridized carbons (Fsp3) is 0.240. The third-order valence-corrected chi connectivity index (χ3v) is 4.77. The first-order valence-corrected chi connectivity index (χ1v) is 10.8. The van der Waals surface area contributed by atoms with Crippen molar-refractivity contribution in [3.63, 3.8) is 0 Å². The number of carboxylic acid groups (broad SMARTS) is 1. The number of rotatable bonds is 8. The van der Waals surface area contributed by atoms with Gasteiger partial charge in [0, 0.05) is 41.6 Å². The Morgan fingerprint density at radius 2 is 1.86 bits per heavy atom. The largest absolute Gasteiger partial charge is 0.491 e. The highest BCUT2D eigenvalue weighted by Gasteiger charge is 2.29. The standard InChI is InChI=1S/C25H26F2N4O4/c1-25(2,3)31(24(33)34)22-7-5-4-6-21(22)29-23(32)9-8-17-15-28-30(16-17)10-11-35-20-13-18(26)12-19(27)14-20/h4-9,12-16H,10-11H2,1-3H3,(H,29,32)(H,33,34). The summed E-state index contributed by atoms with van der Waals surface area (Å²) < 4.78 is 33.3. The Kier molecular flexibility index (Phi) is 7.85. The number of ether oxygens (including phenoxy) is 1. The lowest BCUT2D eigenvalue weighted by Crippen LogP contribution is -2.45. The lowest BCUT2D eigenvalue weighted by atomic mass is 10.0. The molecule has 0 aliphatic carbocycles. The number of hydrogen-bond acceptors (Lipinski definition) is 4. The summed E-state index contributed by atoms with van der Waals surface area (Å²) in [4.78, 5) is 25.5. The van der Waals surface area contributed by atoms with Crippen molar-refractivity contribution in [2.45, 2.75) is 32.9 Å². The van der Waals surface area contributed by atoms with E-state index in [-0.39, 0.29) is 12.4 Å². The smallest absolute Gasteiger partial charge is 0.412 e. The molecule has 0 saturated carbocycles. The van der Waals surface area contributed by atoms with Crippen LogP contribution in [0.3, 0.4) is 0 Å². The van der Waals surface area contributed by atoms with E-state index in [1.165, 1.54) is 11.0 Å². The monoisotopic (exact) mass is 484 g/mol. The molecule has 10 heteroatoms. The van der Waals surface area contributed by atoms with Crippen molar-refractivity contribution < 1.29 is 28.2 Å². The van der Waals surface area contributed by atoms with E-state index in [0.29, 0.717) is 23.5 Å². The van der Waals surface area contributed by atoms with Crippen LogP contribution in [0.15, 0.2) is 60.9 Å². The highest BCUT2D eigenvalue weighted by molar-refractivity contribution is 6.05. The van der Waals surface area contributed by atoms with Crippen LogP contribution in [0.5, 0.6) is 5.75 Å². The van der Waals surface area contributed by atoms with Gasteiger partial charge in [0.25, 0.3) is 0 Å². The maximum Gasteiger partial charge on any atom is 0.412 e. The maximum absolute atomic E-state index is 13.2. The molecule has 0 spiro atoms. The number of amides is 2. The molecule has 3 aromatic rings. The van der Waals surface area contributed by atoms with Gasteiger partial charge in [-0.25, -0.2) is 13.6 Å². The molecule has 0 fully saturated rings. The van der Waals surface area contributed by atoms with Crippen LogP contribution in [-0.4, -0.2) is 39.0 Å². The molecule has 1 aromatic heterocycles. The van der Waals surface area contributed by atoms with Crippen molar-refractivity contribution in [3.8, 4) is 5.75 Å². The summed E-state index contributed by atoms with van der Waals surface area (Å²) in [5, 5.41) is 16.6. The number of aromatic nitrogens is 2. The second-order valence-corrected chi connectivity index (χ2v) is 8.62. The first-order valence-electron chi connectivity index (χ1n) is 10.8. The van der Waals surface area contributed by atoms with Gasteiger partial charge >= 0.3 is 6.09 Å². The molecule has 8 nitrogen and oxygen atoms in total. The van der Waals surface area contributed by atoms with Crippen LogP contribution in [0.2, 0.25) is 0 Å². The van der Waals surface area contributed by atoms with Gasteiger partial charge in [0.1, 0.15) is 24.0 Å². The molecular weight excluding hydrogens is 458 g/mol. The van der Waals surface area contributed by atoms with Crippen molar-refractivity contribution in [3.05, 3.63) is 78.1 Å². The molecule has 35 heavy (non-hydrogen) atoms. The summed E-state index contributed by atoms with van der Waals surface area (Å²) in [5.74, 6) is -1.80. The van der Waals surface area contributed by atoms with Crippen LogP contribution < -0.4 is 15.0 Å². The molecule has 1 heterocycles. The average molecular weight is 485 g/mol. The average Bonchev–Trinajstić information content (AvgIpc) is 3.19. The number of halogens is 2. The molecule has 0 aliphatic rings. The van der Waals surface area contributed by atoms with Gasteiger partial charge in [-0.15, -0.1) is 0 Å². The van der Waals surface area contributed by atoms with Gasteiger partial charge in [0.05, 0.1) is 24.1 Å². The van der Waals surface area contributed by atoms with Crippen molar-refractivity contribution in [1.29, 1.82) is 0 Å². The molecule has 0 atom stereocenters. The topological polar surface area (TPSA) is 96.7 Å². The lowest BCUT2D eigenvalue weighted by Gasteiger charge is -2.34. The minimum Gasteiger partial charge on any atom is -0.491 e. The van der Waals surface area contributed by atoms with Crippen molar-refractivity contribution in [2.24, 2.45) is 0 Å². The Morgan fingerprint density at radius 1 is 1.17 bits per heavy atom. The van der Waals surface area contributed by atoms with Crippen molar-refractivity contribution in [1.82, 2.24) is 9.78 Å². The number of para-hydroxylation sites is 2. The van der Waals surface area contributed by atoms with Crippen LogP contribution in [-0.2, 0) is 11.3 Å². The van der Waals surface area contributed by atoms with Crippen LogP contribution in [0, 0.1) is 11.6 Å². The Hall–Kier alpha value is -4.21. The summed E-state index contributed by atoms with van der Waals surface area (Å²) in [7, 11) is 0. The summed E-state index contributed by atoms with van der Waals surface area (Å²) in [6, 6.07) is 9.61. The fourth-order valence-corrected chi connectivity index (χ4v) is 3.33. The third kappa shape index (κ3) is 7.13. The van der Waals surface area contributed by atoms with E-state index in [2.05, 4.69) is 10.4 Å². The summed E-state index contributed by atoms with van der Waals surface area (Å²) >= 11 is 0. The van der Waals surface area contributed by atoms with Crippen LogP contribution in [0.4, 0.5) is 25.0 Å². The number of carbonyl (C=O) groups excluding carboxylic acids is 1. The summed E-state index contributed by atoms with van der Waals surface area (Å²) in [5.41, 5.74) is 0.650. The van der Waals surface area contributed by atoms with Gasteiger partial charge in [0.15, 0.2) is 0 Å². The van der Waals surface area contributed by atoms with E-state index in [1.807, 2.05) is 0 Å². The van der Waals surface area contributed by atoms with Gasteiger partial charge in [-0.1, -0.05) is 12.1 Å². The van der Waals surface area contributed by atoms with Gasteiger partial charge < -0.3 is 15.2 Å². The zero-order valence-electron chi connectivity index (χ0n) is 19.5. The Bertz CT molecular complexity index is 1210. The van der Waals surface area contributed by atoms with Gasteiger partial charge in [-0.2, -0.15) is 5.10 Å². The molecule has 2 amide bonds. The Morgan fingerprint density at radius 3 is 2.51 bits per heavy atom. The highest BCUT2D eigenvalue weighted by atomic mass is 19.1. The van der Waals surface area contributed by atoms with Crippen LogP contribution >= 0.6 is 0 Å². The number of nitrogens with zero attached hydrogens (tertiary/aromatic N) is 3. The molecule has 2 N–H and O–H groups in total. The normalized spacial score (nSPS) is 11.5. The highest BCUT2D eigenvalue weighted by Crippen LogP contribution is 2.31. The molecule has 0 bridgehead atoms.